The summed E-state index contributed by atoms with van der Waals surface area (Å²) >= 11 is 3.40. The van der Waals surface area contributed by atoms with Crippen molar-refractivity contribution in [3.63, 3.8) is 0 Å². The average Bonchev–Trinajstić information content (AvgIpc) is 2.71. The Hall–Kier alpha value is -0.540. The van der Waals surface area contributed by atoms with Crippen LogP contribution in [0.5, 0.6) is 5.75 Å². The van der Waals surface area contributed by atoms with Crippen LogP contribution in [0, 0.1) is 13.8 Å². The number of benzene rings is 1. The Balaban J connectivity index is 0.000000187. The molecule has 2 nitrogen and oxygen atoms in total. The van der Waals surface area contributed by atoms with Crippen molar-refractivity contribution in [2.24, 2.45) is 0 Å². The minimum absolute atomic E-state index is 0.332. The minimum Gasteiger partial charge on any atom is -0.508 e. The van der Waals surface area contributed by atoms with Gasteiger partial charge in [0.25, 0.3) is 0 Å². The molecule has 0 atom stereocenters. The van der Waals surface area contributed by atoms with Gasteiger partial charge in [0.1, 0.15) is 5.75 Å². The Labute approximate surface area is 99.4 Å². The number of aromatic hydroxyl groups is 1. The highest BCUT2D eigenvalue weighted by molar-refractivity contribution is 9.10. The summed E-state index contributed by atoms with van der Waals surface area (Å²) in [5.41, 5.74) is 2.13. The molecule has 1 aliphatic rings. The van der Waals surface area contributed by atoms with E-state index in [0.29, 0.717) is 5.75 Å². The van der Waals surface area contributed by atoms with Gasteiger partial charge in [0.2, 0.25) is 0 Å². The van der Waals surface area contributed by atoms with Crippen molar-refractivity contribution in [2.45, 2.75) is 26.7 Å². The van der Waals surface area contributed by atoms with Gasteiger partial charge >= 0.3 is 0 Å². The number of halogens is 1. The molecule has 3 heteroatoms. The third kappa shape index (κ3) is 4.22. The predicted molar refractivity (Wildman–Crippen MR) is 65.3 cm³/mol. The smallest absolute Gasteiger partial charge is 0.116 e. The van der Waals surface area contributed by atoms with Crippen LogP contribution in [0.15, 0.2) is 16.6 Å². The lowest BCUT2D eigenvalue weighted by atomic mass is 10.1. The number of phenols is 1. The third-order valence-corrected chi connectivity index (χ3v) is 3.50. The predicted octanol–water partition coefficient (Wildman–Crippen LogP) is 3.57. The van der Waals surface area contributed by atoms with Gasteiger partial charge in [-0.2, -0.15) is 0 Å². The molecule has 15 heavy (non-hydrogen) atoms. The summed E-state index contributed by atoms with van der Waals surface area (Å²) in [6.45, 7) is 5.91. The van der Waals surface area contributed by atoms with E-state index in [1.54, 1.807) is 12.1 Å². The van der Waals surface area contributed by atoms with E-state index < -0.39 is 0 Å². The van der Waals surface area contributed by atoms with E-state index in [-0.39, 0.29) is 0 Å². The van der Waals surface area contributed by atoms with Crippen LogP contribution in [-0.4, -0.2) is 18.3 Å². The van der Waals surface area contributed by atoms with Crippen LogP contribution < -0.4 is 0 Å². The van der Waals surface area contributed by atoms with Crippen molar-refractivity contribution in [1.29, 1.82) is 0 Å². The molecule has 0 saturated carbocycles. The first-order valence-electron chi connectivity index (χ1n) is 5.14. The maximum Gasteiger partial charge on any atom is 0.116 e. The van der Waals surface area contributed by atoms with Crippen LogP contribution >= 0.6 is 15.9 Å². The van der Waals surface area contributed by atoms with E-state index in [2.05, 4.69) is 15.9 Å². The topological polar surface area (TPSA) is 29.5 Å². The molecule has 1 saturated heterocycles. The molecular weight excluding hydrogens is 256 g/mol. The zero-order valence-electron chi connectivity index (χ0n) is 9.22. The lowest BCUT2D eigenvalue weighted by Gasteiger charge is -2.02. The van der Waals surface area contributed by atoms with Gasteiger partial charge in [-0.25, -0.2) is 0 Å². The van der Waals surface area contributed by atoms with Gasteiger partial charge in [-0.15, -0.1) is 0 Å². The van der Waals surface area contributed by atoms with Crippen LogP contribution in [0.1, 0.15) is 24.0 Å². The standard InChI is InChI=1S/C8H9BrO.C4H8O/c1-5-3-7(10)4-6(2)8(5)9;1-2-4-5-3-1/h3-4,10H,1-2H3;1-4H2. The van der Waals surface area contributed by atoms with E-state index in [4.69, 9.17) is 9.84 Å². The highest BCUT2D eigenvalue weighted by atomic mass is 79.9. The van der Waals surface area contributed by atoms with Crippen molar-refractivity contribution in [3.8, 4) is 5.75 Å². The summed E-state index contributed by atoms with van der Waals surface area (Å²) < 4.78 is 6.02. The number of hydrogen-bond donors (Lipinski definition) is 1. The molecule has 1 heterocycles. The van der Waals surface area contributed by atoms with Crippen LogP contribution in [0.3, 0.4) is 0 Å². The maximum atomic E-state index is 9.10. The van der Waals surface area contributed by atoms with Gasteiger partial charge in [0, 0.05) is 17.7 Å². The van der Waals surface area contributed by atoms with Crippen LogP contribution in [0.25, 0.3) is 0 Å². The largest absolute Gasteiger partial charge is 0.508 e. The van der Waals surface area contributed by atoms with E-state index in [1.807, 2.05) is 13.8 Å². The second-order valence-corrected chi connectivity index (χ2v) is 4.51. The minimum atomic E-state index is 0.332. The zero-order valence-corrected chi connectivity index (χ0v) is 10.8. The fourth-order valence-corrected chi connectivity index (χ4v) is 1.66. The Morgan fingerprint density at radius 3 is 1.93 bits per heavy atom. The average molecular weight is 273 g/mol. The Bertz CT molecular complexity index is 289. The summed E-state index contributed by atoms with van der Waals surface area (Å²) in [6.07, 6.45) is 2.56. The quantitative estimate of drug-likeness (QED) is 0.783. The van der Waals surface area contributed by atoms with Gasteiger partial charge in [-0.3, -0.25) is 0 Å². The molecular formula is C12H17BrO2. The summed E-state index contributed by atoms with van der Waals surface area (Å²) in [5, 5.41) is 9.10. The number of phenolic OH excluding ortho intramolecular Hbond substituents is 1. The van der Waals surface area contributed by atoms with Crippen LogP contribution in [-0.2, 0) is 4.74 Å². The van der Waals surface area contributed by atoms with E-state index in [1.165, 1.54) is 12.8 Å². The molecule has 1 aliphatic heterocycles. The van der Waals surface area contributed by atoms with Crippen molar-refractivity contribution >= 4 is 15.9 Å². The Morgan fingerprint density at radius 1 is 1.13 bits per heavy atom. The monoisotopic (exact) mass is 272 g/mol. The summed E-state index contributed by atoms with van der Waals surface area (Å²) in [4.78, 5) is 0. The molecule has 1 N–H and O–H groups in total. The van der Waals surface area contributed by atoms with Crippen molar-refractivity contribution in [2.75, 3.05) is 13.2 Å². The fraction of sp³-hybridized carbons (Fsp3) is 0.500. The molecule has 0 amide bonds. The third-order valence-electron chi connectivity index (χ3n) is 2.25. The normalized spacial score (nSPS) is 14.6. The molecule has 0 radical (unpaired) electrons. The summed E-state index contributed by atoms with van der Waals surface area (Å²) in [7, 11) is 0. The number of rotatable bonds is 0. The van der Waals surface area contributed by atoms with E-state index >= 15 is 0 Å². The highest BCUT2D eigenvalue weighted by Crippen LogP contribution is 2.25. The molecule has 0 aromatic heterocycles. The lowest BCUT2D eigenvalue weighted by Crippen LogP contribution is -1.79. The fourth-order valence-electron chi connectivity index (χ4n) is 1.43. The van der Waals surface area contributed by atoms with Crippen molar-refractivity contribution < 1.29 is 9.84 Å². The molecule has 1 fully saturated rings. The molecule has 1 aromatic rings. The van der Waals surface area contributed by atoms with Crippen LogP contribution in [0.2, 0.25) is 0 Å². The molecule has 0 bridgehead atoms. The van der Waals surface area contributed by atoms with Gasteiger partial charge in [-0.05, 0) is 49.9 Å². The lowest BCUT2D eigenvalue weighted by molar-refractivity contribution is 0.198. The Morgan fingerprint density at radius 2 is 1.60 bits per heavy atom. The van der Waals surface area contributed by atoms with Crippen molar-refractivity contribution in [3.05, 3.63) is 27.7 Å². The van der Waals surface area contributed by atoms with Crippen LogP contribution in [0.4, 0.5) is 0 Å². The van der Waals surface area contributed by atoms with E-state index in [0.717, 1.165) is 28.8 Å². The molecule has 0 unspecified atom stereocenters. The first kappa shape index (κ1) is 12.5. The number of aryl methyl sites for hydroxylation is 2. The van der Waals surface area contributed by atoms with Gasteiger partial charge < -0.3 is 9.84 Å². The Kier molecular flexibility index (Phi) is 5.12. The van der Waals surface area contributed by atoms with Gasteiger partial charge in [0.15, 0.2) is 0 Å². The summed E-state index contributed by atoms with van der Waals surface area (Å²) in [6, 6.07) is 3.47. The highest BCUT2D eigenvalue weighted by Gasteiger charge is 1.99. The summed E-state index contributed by atoms with van der Waals surface area (Å²) in [5.74, 6) is 0.332. The van der Waals surface area contributed by atoms with Gasteiger partial charge in [0.05, 0.1) is 0 Å². The van der Waals surface area contributed by atoms with Crippen molar-refractivity contribution in [1.82, 2.24) is 0 Å². The molecule has 1 aromatic carbocycles. The maximum absolute atomic E-state index is 9.10. The SMILES string of the molecule is C1CCOC1.Cc1cc(O)cc(C)c1Br. The first-order valence-corrected chi connectivity index (χ1v) is 5.94. The number of ether oxygens (including phenoxy) is 1. The second-order valence-electron chi connectivity index (χ2n) is 3.71. The zero-order chi connectivity index (χ0) is 11.3. The molecule has 0 aliphatic carbocycles. The van der Waals surface area contributed by atoms with E-state index in [9.17, 15) is 0 Å². The second kappa shape index (κ2) is 6.13. The molecule has 0 spiro atoms. The molecule has 84 valence electrons. The number of hydrogen-bond acceptors (Lipinski definition) is 2. The first-order chi connectivity index (χ1) is 7.11. The molecule has 2 rings (SSSR count). The van der Waals surface area contributed by atoms with Gasteiger partial charge in [-0.1, -0.05) is 15.9 Å².